The Hall–Kier alpha value is 0.177. The van der Waals surface area contributed by atoms with E-state index in [0.717, 1.165) is 6.61 Å². The molecule has 0 aliphatic carbocycles. The van der Waals surface area contributed by atoms with E-state index in [1.165, 1.54) is 12.5 Å². The molecular formula is C7H16OSi. The molecule has 1 aliphatic rings. The van der Waals surface area contributed by atoms with E-state index in [1.807, 2.05) is 0 Å². The molecule has 54 valence electrons. The molecule has 1 rings (SSSR count). The zero-order valence-electron chi connectivity index (χ0n) is 6.61. The SMILES string of the molecule is C[Si](C)(C)CC[C@H]1CO1. The highest BCUT2D eigenvalue weighted by Crippen LogP contribution is 2.20. The van der Waals surface area contributed by atoms with Crippen molar-refractivity contribution >= 4 is 8.07 Å². The minimum Gasteiger partial charge on any atom is -0.373 e. The summed E-state index contributed by atoms with van der Waals surface area (Å²) in [7, 11) is -0.760. The van der Waals surface area contributed by atoms with Gasteiger partial charge in [-0.2, -0.15) is 0 Å². The molecule has 1 nitrogen and oxygen atoms in total. The second-order valence-corrected chi connectivity index (χ2v) is 9.68. The molecule has 1 saturated heterocycles. The van der Waals surface area contributed by atoms with Gasteiger partial charge in [-0.15, -0.1) is 0 Å². The Morgan fingerprint density at radius 1 is 1.44 bits per heavy atom. The third-order valence-corrected chi connectivity index (χ3v) is 3.41. The van der Waals surface area contributed by atoms with Crippen molar-refractivity contribution in [3.8, 4) is 0 Å². The lowest BCUT2D eigenvalue weighted by Crippen LogP contribution is -2.19. The normalized spacial score (nSPS) is 26.3. The van der Waals surface area contributed by atoms with Crippen LogP contribution >= 0.6 is 0 Å². The van der Waals surface area contributed by atoms with Gasteiger partial charge >= 0.3 is 0 Å². The highest BCUT2D eigenvalue weighted by Gasteiger charge is 2.24. The van der Waals surface area contributed by atoms with E-state index in [4.69, 9.17) is 4.74 Å². The monoisotopic (exact) mass is 144 g/mol. The molecule has 0 aromatic rings. The maximum atomic E-state index is 5.13. The van der Waals surface area contributed by atoms with Gasteiger partial charge in [0.1, 0.15) is 0 Å². The maximum Gasteiger partial charge on any atom is 0.0807 e. The number of hydrogen-bond acceptors (Lipinski definition) is 1. The van der Waals surface area contributed by atoms with Crippen LogP contribution in [0, 0.1) is 0 Å². The largest absolute Gasteiger partial charge is 0.373 e. The van der Waals surface area contributed by atoms with E-state index in [9.17, 15) is 0 Å². The highest BCUT2D eigenvalue weighted by atomic mass is 28.3. The van der Waals surface area contributed by atoms with Gasteiger partial charge < -0.3 is 4.74 Å². The standard InChI is InChI=1S/C7H16OSi/c1-9(2,3)5-4-7-6-8-7/h7H,4-6H2,1-3H3/t7-/m0/s1. The van der Waals surface area contributed by atoms with Gasteiger partial charge in [0.15, 0.2) is 0 Å². The van der Waals surface area contributed by atoms with Crippen molar-refractivity contribution < 1.29 is 4.74 Å². The van der Waals surface area contributed by atoms with Crippen LogP contribution in [0.15, 0.2) is 0 Å². The Balaban J connectivity index is 2.03. The van der Waals surface area contributed by atoms with Crippen LogP contribution in [0.3, 0.4) is 0 Å². The molecule has 1 fully saturated rings. The number of ether oxygens (including phenoxy) is 1. The summed E-state index contributed by atoms with van der Waals surface area (Å²) in [5, 5.41) is 0. The van der Waals surface area contributed by atoms with Gasteiger partial charge in [-0.3, -0.25) is 0 Å². The van der Waals surface area contributed by atoms with Crippen LogP contribution in [-0.2, 0) is 4.74 Å². The quantitative estimate of drug-likeness (QED) is 0.436. The molecule has 9 heavy (non-hydrogen) atoms. The zero-order chi connectivity index (χ0) is 6.91. The van der Waals surface area contributed by atoms with E-state index in [2.05, 4.69) is 19.6 Å². The summed E-state index contributed by atoms with van der Waals surface area (Å²) in [6.07, 6.45) is 1.96. The van der Waals surface area contributed by atoms with E-state index < -0.39 is 8.07 Å². The predicted octanol–water partition coefficient (Wildman–Crippen LogP) is 2.11. The average Bonchev–Trinajstić information content (AvgIpc) is 2.38. The molecule has 0 spiro atoms. The van der Waals surface area contributed by atoms with Crippen molar-refractivity contribution in [1.29, 1.82) is 0 Å². The summed E-state index contributed by atoms with van der Waals surface area (Å²) < 4.78 is 5.13. The molecule has 0 radical (unpaired) electrons. The third kappa shape index (κ3) is 3.70. The summed E-state index contributed by atoms with van der Waals surface area (Å²) in [4.78, 5) is 0. The van der Waals surface area contributed by atoms with Crippen molar-refractivity contribution in [2.75, 3.05) is 6.61 Å². The molecule has 0 saturated carbocycles. The Kier molecular flexibility index (Phi) is 1.96. The van der Waals surface area contributed by atoms with E-state index in [-0.39, 0.29) is 0 Å². The molecule has 1 heterocycles. The van der Waals surface area contributed by atoms with Gasteiger partial charge in [0.25, 0.3) is 0 Å². The zero-order valence-corrected chi connectivity index (χ0v) is 7.61. The van der Waals surface area contributed by atoms with Crippen LogP contribution in [0.1, 0.15) is 6.42 Å². The van der Waals surface area contributed by atoms with E-state index in [0.29, 0.717) is 6.10 Å². The highest BCUT2D eigenvalue weighted by molar-refractivity contribution is 6.76. The van der Waals surface area contributed by atoms with Crippen LogP contribution in [0.25, 0.3) is 0 Å². The summed E-state index contributed by atoms with van der Waals surface area (Å²) in [5.41, 5.74) is 0. The van der Waals surface area contributed by atoms with Gasteiger partial charge in [-0.25, -0.2) is 0 Å². The second kappa shape index (κ2) is 2.43. The fourth-order valence-electron chi connectivity index (χ4n) is 0.829. The average molecular weight is 144 g/mol. The van der Waals surface area contributed by atoms with Crippen molar-refractivity contribution in [1.82, 2.24) is 0 Å². The smallest absolute Gasteiger partial charge is 0.0807 e. The molecule has 0 N–H and O–H groups in total. The van der Waals surface area contributed by atoms with Gasteiger partial charge in [-0.05, 0) is 6.42 Å². The number of epoxide rings is 1. The van der Waals surface area contributed by atoms with Gasteiger partial charge in [0.2, 0.25) is 0 Å². The predicted molar refractivity (Wildman–Crippen MR) is 42.5 cm³/mol. The van der Waals surface area contributed by atoms with Gasteiger partial charge in [0.05, 0.1) is 12.7 Å². The van der Waals surface area contributed by atoms with Gasteiger partial charge in [0, 0.05) is 8.07 Å². The van der Waals surface area contributed by atoms with Crippen molar-refractivity contribution in [3.63, 3.8) is 0 Å². The number of rotatable bonds is 3. The summed E-state index contributed by atoms with van der Waals surface area (Å²) in [6.45, 7) is 8.27. The van der Waals surface area contributed by atoms with Crippen molar-refractivity contribution in [2.24, 2.45) is 0 Å². The molecule has 0 aromatic carbocycles. The molecule has 0 unspecified atom stereocenters. The first-order chi connectivity index (χ1) is 4.08. The Labute approximate surface area is 58.4 Å². The van der Waals surface area contributed by atoms with Crippen LogP contribution < -0.4 is 0 Å². The van der Waals surface area contributed by atoms with Gasteiger partial charge in [-0.1, -0.05) is 25.7 Å². The topological polar surface area (TPSA) is 12.5 Å². The lowest BCUT2D eigenvalue weighted by Gasteiger charge is -2.13. The summed E-state index contributed by atoms with van der Waals surface area (Å²) >= 11 is 0. The Morgan fingerprint density at radius 2 is 2.00 bits per heavy atom. The lowest BCUT2D eigenvalue weighted by atomic mass is 10.4. The fourth-order valence-corrected chi connectivity index (χ4v) is 2.02. The van der Waals surface area contributed by atoms with Crippen molar-refractivity contribution in [2.45, 2.75) is 38.2 Å². The molecule has 1 atom stereocenters. The molecule has 2 heteroatoms. The van der Waals surface area contributed by atoms with Crippen molar-refractivity contribution in [3.05, 3.63) is 0 Å². The molecule has 0 aromatic heterocycles. The van der Waals surface area contributed by atoms with Crippen LogP contribution in [0.5, 0.6) is 0 Å². The summed E-state index contributed by atoms with van der Waals surface area (Å²) in [5.74, 6) is 0. The maximum absolute atomic E-state index is 5.13. The Bertz CT molecular complexity index is 91.6. The van der Waals surface area contributed by atoms with E-state index in [1.54, 1.807) is 0 Å². The van der Waals surface area contributed by atoms with Crippen LogP contribution in [0.2, 0.25) is 25.7 Å². The fraction of sp³-hybridized carbons (Fsp3) is 1.00. The number of hydrogen-bond donors (Lipinski definition) is 0. The second-order valence-electron chi connectivity index (χ2n) is 4.05. The van der Waals surface area contributed by atoms with Crippen LogP contribution in [0.4, 0.5) is 0 Å². The lowest BCUT2D eigenvalue weighted by molar-refractivity contribution is 0.402. The van der Waals surface area contributed by atoms with E-state index >= 15 is 0 Å². The molecule has 1 aliphatic heterocycles. The Morgan fingerprint density at radius 3 is 2.33 bits per heavy atom. The molecule has 0 amide bonds. The first-order valence-electron chi connectivity index (χ1n) is 3.69. The molecular weight excluding hydrogens is 128 g/mol. The molecule has 0 bridgehead atoms. The third-order valence-electron chi connectivity index (χ3n) is 1.62. The first kappa shape index (κ1) is 7.29. The van der Waals surface area contributed by atoms with Crippen LogP contribution in [-0.4, -0.2) is 20.8 Å². The first-order valence-corrected chi connectivity index (χ1v) is 7.40. The minimum absolute atomic E-state index is 0.650. The minimum atomic E-state index is -0.760. The summed E-state index contributed by atoms with van der Waals surface area (Å²) in [6, 6.07) is 1.43.